The van der Waals surface area contributed by atoms with Crippen molar-refractivity contribution in [3.63, 3.8) is 0 Å². The van der Waals surface area contributed by atoms with Gasteiger partial charge in [0.25, 0.3) is 0 Å². The molecule has 1 heterocycles. The third kappa shape index (κ3) is 1.86. The third-order valence-electron chi connectivity index (χ3n) is 3.04. The molecule has 0 saturated carbocycles. The van der Waals surface area contributed by atoms with Gasteiger partial charge in [0.1, 0.15) is 11.2 Å². The van der Waals surface area contributed by atoms with Crippen LogP contribution in [0.3, 0.4) is 0 Å². The monoisotopic (exact) mass is 233 g/mol. The summed E-state index contributed by atoms with van der Waals surface area (Å²) in [5.41, 5.74) is 0.647. The molecule has 0 aliphatic heterocycles. The van der Waals surface area contributed by atoms with Crippen LogP contribution in [-0.2, 0) is 10.2 Å². The molecule has 4 heteroatoms. The lowest BCUT2D eigenvalue weighted by atomic mass is 9.90. The van der Waals surface area contributed by atoms with Crippen LogP contribution in [0, 0.1) is 0 Å². The molecule has 2 rings (SSSR count). The minimum Gasteiger partial charge on any atom is -0.497 e. The van der Waals surface area contributed by atoms with Crippen LogP contribution in [0.25, 0.3) is 10.9 Å². The topological polar surface area (TPSA) is 62.3 Å². The molecule has 0 unspecified atom stereocenters. The predicted molar refractivity (Wildman–Crippen MR) is 65.5 cm³/mol. The number of fused-ring (bicyclic) bond motifs is 1. The molecule has 0 atom stereocenters. The fourth-order valence-electron chi connectivity index (χ4n) is 1.69. The molecule has 90 valence electrons. The van der Waals surface area contributed by atoms with Gasteiger partial charge in [-0.15, -0.1) is 0 Å². The number of aromatic nitrogens is 1. The maximum Gasteiger partial charge on any atom is 0.315 e. The summed E-state index contributed by atoms with van der Waals surface area (Å²) in [6.07, 6.45) is 0. The minimum absolute atomic E-state index is 0.688. The Bertz CT molecular complexity index is 569. The van der Waals surface area contributed by atoms with Gasteiger partial charge in [-0.1, -0.05) is 0 Å². The first-order valence-electron chi connectivity index (χ1n) is 5.36. The molecule has 0 spiro atoms. The maximum absolute atomic E-state index is 11.2. The van der Waals surface area contributed by atoms with Crippen LogP contribution in [0.5, 0.6) is 5.75 Å². The van der Waals surface area contributed by atoms with E-state index in [0.29, 0.717) is 5.69 Å². The SMILES string of the molecule is COc1ccc2cc(C(C)(C)C(=O)O)[nH]c2c1. The van der Waals surface area contributed by atoms with Crippen molar-refractivity contribution in [2.75, 3.05) is 7.11 Å². The van der Waals surface area contributed by atoms with Gasteiger partial charge in [0, 0.05) is 17.3 Å². The number of carbonyl (C=O) groups is 1. The minimum atomic E-state index is -0.924. The highest BCUT2D eigenvalue weighted by Crippen LogP contribution is 2.28. The van der Waals surface area contributed by atoms with Crippen LogP contribution in [-0.4, -0.2) is 23.2 Å². The normalized spacial score (nSPS) is 11.7. The molecule has 1 aromatic carbocycles. The second-order valence-electron chi connectivity index (χ2n) is 4.57. The number of methoxy groups -OCH3 is 1. The second kappa shape index (κ2) is 3.80. The van der Waals surface area contributed by atoms with Crippen LogP contribution < -0.4 is 4.74 Å². The van der Waals surface area contributed by atoms with Crippen molar-refractivity contribution in [2.45, 2.75) is 19.3 Å². The molecule has 0 fully saturated rings. The Kier molecular flexibility index (Phi) is 2.58. The molecule has 0 aliphatic rings. The number of hydrogen-bond donors (Lipinski definition) is 2. The number of H-pyrrole nitrogens is 1. The van der Waals surface area contributed by atoms with E-state index in [2.05, 4.69) is 4.98 Å². The van der Waals surface area contributed by atoms with E-state index in [0.717, 1.165) is 16.7 Å². The highest BCUT2D eigenvalue weighted by molar-refractivity contribution is 5.86. The van der Waals surface area contributed by atoms with Gasteiger partial charge in [0.05, 0.1) is 7.11 Å². The van der Waals surface area contributed by atoms with Gasteiger partial charge in [-0.2, -0.15) is 0 Å². The summed E-state index contributed by atoms with van der Waals surface area (Å²) >= 11 is 0. The Morgan fingerprint density at radius 3 is 2.65 bits per heavy atom. The van der Waals surface area contributed by atoms with E-state index < -0.39 is 11.4 Å². The van der Waals surface area contributed by atoms with Crippen LogP contribution >= 0.6 is 0 Å². The van der Waals surface area contributed by atoms with E-state index in [-0.39, 0.29) is 0 Å². The molecular weight excluding hydrogens is 218 g/mol. The zero-order valence-corrected chi connectivity index (χ0v) is 10.1. The molecule has 2 N–H and O–H groups in total. The smallest absolute Gasteiger partial charge is 0.315 e. The molecule has 1 aromatic heterocycles. The molecule has 2 aromatic rings. The molecule has 0 radical (unpaired) electrons. The van der Waals surface area contributed by atoms with Gasteiger partial charge < -0.3 is 14.8 Å². The quantitative estimate of drug-likeness (QED) is 0.856. The van der Waals surface area contributed by atoms with Gasteiger partial charge >= 0.3 is 5.97 Å². The van der Waals surface area contributed by atoms with Gasteiger partial charge in [-0.25, -0.2) is 0 Å². The molecule has 0 bridgehead atoms. The molecule has 4 nitrogen and oxygen atoms in total. The number of hydrogen-bond acceptors (Lipinski definition) is 2. The summed E-state index contributed by atoms with van der Waals surface area (Å²) in [5.74, 6) is -0.102. The Hall–Kier alpha value is -1.97. The number of rotatable bonds is 3. The number of aliphatic carboxylic acids is 1. The van der Waals surface area contributed by atoms with E-state index in [1.54, 1.807) is 21.0 Å². The van der Waals surface area contributed by atoms with Crippen molar-refractivity contribution in [1.29, 1.82) is 0 Å². The van der Waals surface area contributed by atoms with Crippen molar-refractivity contribution < 1.29 is 14.6 Å². The molecule has 17 heavy (non-hydrogen) atoms. The standard InChI is InChI=1S/C13H15NO3/c1-13(2,12(15)16)11-6-8-4-5-9(17-3)7-10(8)14-11/h4-7,14H,1-3H3,(H,15,16). The maximum atomic E-state index is 11.2. The average molecular weight is 233 g/mol. The molecule has 0 saturated heterocycles. The van der Waals surface area contributed by atoms with E-state index in [1.165, 1.54) is 0 Å². The summed E-state index contributed by atoms with van der Waals surface area (Å²) in [7, 11) is 1.60. The summed E-state index contributed by atoms with van der Waals surface area (Å²) < 4.78 is 5.13. The molecule has 0 amide bonds. The highest BCUT2D eigenvalue weighted by atomic mass is 16.5. The number of benzene rings is 1. The lowest BCUT2D eigenvalue weighted by molar-refractivity contribution is -0.142. The van der Waals surface area contributed by atoms with Crippen LogP contribution in [0.2, 0.25) is 0 Å². The van der Waals surface area contributed by atoms with Crippen LogP contribution in [0.1, 0.15) is 19.5 Å². The first-order valence-corrected chi connectivity index (χ1v) is 5.36. The van der Waals surface area contributed by atoms with Crippen molar-refractivity contribution in [2.24, 2.45) is 0 Å². The van der Waals surface area contributed by atoms with E-state index in [1.807, 2.05) is 24.3 Å². The first-order chi connectivity index (χ1) is 7.95. The van der Waals surface area contributed by atoms with E-state index in [4.69, 9.17) is 4.74 Å². The average Bonchev–Trinajstić information content (AvgIpc) is 2.71. The first kappa shape index (κ1) is 11.5. The fourth-order valence-corrected chi connectivity index (χ4v) is 1.69. The lowest BCUT2D eigenvalue weighted by Crippen LogP contribution is -2.28. The Morgan fingerprint density at radius 2 is 2.06 bits per heavy atom. The number of nitrogens with one attached hydrogen (secondary N) is 1. The summed E-state index contributed by atoms with van der Waals surface area (Å²) in [6.45, 7) is 3.36. The zero-order chi connectivity index (χ0) is 12.6. The van der Waals surface area contributed by atoms with Gasteiger partial charge in [-0.05, 0) is 37.4 Å². The number of carboxylic acids is 1. The van der Waals surface area contributed by atoms with E-state index in [9.17, 15) is 9.90 Å². The van der Waals surface area contributed by atoms with Crippen LogP contribution in [0.4, 0.5) is 0 Å². The van der Waals surface area contributed by atoms with Crippen molar-refractivity contribution in [3.8, 4) is 5.75 Å². The highest BCUT2D eigenvalue weighted by Gasteiger charge is 2.31. The van der Waals surface area contributed by atoms with Crippen molar-refractivity contribution >= 4 is 16.9 Å². The number of carboxylic acid groups (broad SMARTS) is 1. The Balaban J connectivity index is 2.55. The number of aromatic amines is 1. The predicted octanol–water partition coefficient (Wildman–Crippen LogP) is 2.54. The molecular formula is C13H15NO3. The lowest BCUT2D eigenvalue weighted by Gasteiger charge is -2.16. The largest absolute Gasteiger partial charge is 0.497 e. The van der Waals surface area contributed by atoms with Gasteiger partial charge in [-0.3, -0.25) is 4.79 Å². The van der Waals surface area contributed by atoms with Gasteiger partial charge in [0.2, 0.25) is 0 Å². The van der Waals surface area contributed by atoms with Crippen molar-refractivity contribution in [3.05, 3.63) is 30.0 Å². The fraction of sp³-hybridized carbons (Fsp3) is 0.308. The third-order valence-corrected chi connectivity index (χ3v) is 3.04. The summed E-state index contributed by atoms with van der Waals surface area (Å²) in [5, 5.41) is 10.2. The number of ether oxygens (including phenoxy) is 1. The van der Waals surface area contributed by atoms with Crippen molar-refractivity contribution in [1.82, 2.24) is 4.98 Å². The second-order valence-corrected chi connectivity index (χ2v) is 4.57. The van der Waals surface area contributed by atoms with Gasteiger partial charge in [0.15, 0.2) is 0 Å². The summed E-state index contributed by atoms with van der Waals surface area (Å²) in [6, 6.07) is 7.49. The Morgan fingerprint density at radius 1 is 1.35 bits per heavy atom. The summed E-state index contributed by atoms with van der Waals surface area (Å²) in [4.78, 5) is 14.3. The van der Waals surface area contributed by atoms with E-state index >= 15 is 0 Å². The Labute approximate surface area is 99.2 Å². The van der Waals surface area contributed by atoms with Crippen LogP contribution in [0.15, 0.2) is 24.3 Å². The zero-order valence-electron chi connectivity index (χ0n) is 10.1. The molecule has 0 aliphatic carbocycles.